The highest BCUT2D eigenvalue weighted by atomic mass is 35.5. The van der Waals surface area contributed by atoms with Gasteiger partial charge in [-0.1, -0.05) is 35.3 Å². The fourth-order valence-corrected chi connectivity index (χ4v) is 4.77. The molecule has 0 saturated carbocycles. The highest BCUT2D eigenvalue weighted by molar-refractivity contribution is 6.30. The van der Waals surface area contributed by atoms with E-state index >= 15 is 0 Å². The zero-order valence-corrected chi connectivity index (χ0v) is 19.0. The highest BCUT2D eigenvalue weighted by Crippen LogP contribution is 2.27. The largest absolute Gasteiger partial charge is 0.386 e. The van der Waals surface area contributed by atoms with Crippen LogP contribution in [0.4, 0.5) is 5.69 Å². The first-order chi connectivity index (χ1) is 15.0. The van der Waals surface area contributed by atoms with Crippen LogP contribution in [0.1, 0.15) is 30.9 Å². The molecule has 7 heteroatoms. The number of carbonyl (C=O) groups is 1. The minimum atomic E-state index is -0.782. The Morgan fingerprint density at radius 2 is 1.61 bits per heavy atom. The van der Waals surface area contributed by atoms with Gasteiger partial charge in [-0.05, 0) is 74.3 Å². The molecule has 2 aliphatic heterocycles. The van der Waals surface area contributed by atoms with Crippen molar-refractivity contribution in [2.75, 3.05) is 37.6 Å². The molecule has 2 aromatic carbocycles. The van der Waals surface area contributed by atoms with E-state index in [1.165, 1.54) is 0 Å². The Kier molecular flexibility index (Phi) is 7.39. The van der Waals surface area contributed by atoms with Crippen LogP contribution >= 0.6 is 23.2 Å². The summed E-state index contributed by atoms with van der Waals surface area (Å²) in [7, 11) is 0. The fourth-order valence-electron chi connectivity index (χ4n) is 4.52. The summed E-state index contributed by atoms with van der Waals surface area (Å²) in [4.78, 5) is 17.7. The lowest BCUT2D eigenvalue weighted by Gasteiger charge is -2.29. The maximum absolute atomic E-state index is 13.1. The molecular weight excluding hydrogens is 433 g/mol. The summed E-state index contributed by atoms with van der Waals surface area (Å²) in [6.45, 7) is 4.15. The third kappa shape index (κ3) is 5.72. The summed E-state index contributed by atoms with van der Waals surface area (Å²) in [6.07, 6.45) is 2.34. The minimum Gasteiger partial charge on any atom is -0.386 e. The first kappa shape index (κ1) is 22.4. The molecular formula is C24H29Cl2N3O2. The Morgan fingerprint density at radius 1 is 1.00 bits per heavy atom. The second-order valence-electron chi connectivity index (χ2n) is 8.53. The molecule has 3 atom stereocenters. The maximum Gasteiger partial charge on any atom is 0.225 e. The Hall–Kier alpha value is -1.79. The van der Waals surface area contributed by atoms with Gasteiger partial charge in [0.1, 0.15) is 6.10 Å². The summed E-state index contributed by atoms with van der Waals surface area (Å²) in [6, 6.07) is 14.6. The van der Waals surface area contributed by atoms with E-state index in [-0.39, 0.29) is 17.9 Å². The number of hydrogen-bond acceptors (Lipinski definition) is 4. The van der Waals surface area contributed by atoms with Gasteiger partial charge in [-0.15, -0.1) is 0 Å². The molecule has 4 rings (SSSR count). The second kappa shape index (κ2) is 10.2. The average molecular weight is 462 g/mol. The number of halogens is 2. The van der Waals surface area contributed by atoms with Crippen molar-refractivity contribution < 1.29 is 9.90 Å². The van der Waals surface area contributed by atoms with Crippen molar-refractivity contribution in [3.8, 4) is 0 Å². The van der Waals surface area contributed by atoms with Crippen LogP contribution < -0.4 is 10.2 Å². The number of benzene rings is 2. The van der Waals surface area contributed by atoms with Gasteiger partial charge in [0.25, 0.3) is 0 Å². The summed E-state index contributed by atoms with van der Waals surface area (Å²) < 4.78 is 0. The smallest absolute Gasteiger partial charge is 0.225 e. The van der Waals surface area contributed by atoms with Gasteiger partial charge in [0.2, 0.25) is 5.91 Å². The number of nitrogens with one attached hydrogen (secondary N) is 1. The summed E-state index contributed by atoms with van der Waals surface area (Å²) >= 11 is 12.0. The summed E-state index contributed by atoms with van der Waals surface area (Å²) in [5.74, 6) is -0.0946. The van der Waals surface area contributed by atoms with Crippen molar-refractivity contribution in [3.05, 3.63) is 64.1 Å². The SMILES string of the molecule is O=C(N[C@H](CN1CCCC1)[C@H](O)c1ccc(Cl)cc1)[C@@H]1CCN(c2ccc(Cl)cc2)C1. The van der Waals surface area contributed by atoms with E-state index < -0.39 is 6.10 Å². The van der Waals surface area contributed by atoms with Crippen molar-refractivity contribution in [3.63, 3.8) is 0 Å². The predicted molar refractivity (Wildman–Crippen MR) is 126 cm³/mol. The number of amides is 1. The molecule has 2 heterocycles. The molecule has 166 valence electrons. The van der Waals surface area contributed by atoms with Gasteiger partial charge in [0.15, 0.2) is 0 Å². The molecule has 0 bridgehead atoms. The molecule has 2 fully saturated rings. The molecule has 0 aromatic heterocycles. The number of aliphatic hydroxyl groups is 1. The lowest BCUT2D eigenvalue weighted by Crippen LogP contribution is -2.48. The molecule has 5 nitrogen and oxygen atoms in total. The Morgan fingerprint density at radius 3 is 2.26 bits per heavy atom. The molecule has 31 heavy (non-hydrogen) atoms. The van der Waals surface area contributed by atoms with Crippen LogP contribution in [-0.4, -0.2) is 54.7 Å². The normalized spacial score (nSPS) is 21.3. The number of anilines is 1. The molecule has 0 radical (unpaired) electrons. The van der Waals surface area contributed by atoms with Crippen molar-refractivity contribution in [2.45, 2.75) is 31.4 Å². The van der Waals surface area contributed by atoms with Crippen LogP contribution in [0.2, 0.25) is 10.0 Å². The van der Waals surface area contributed by atoms with Crippen LogP contribution in [-0.2, 0) is 4.79 Å². The zero-order valence-electron chi connectivity index (χ0n) is 17.5. The predicted octanol–water partition coefficient (Wildman–Crippen LogP) is 4.13. The van der Waals surface area contributed by atoms with Gasteiger partial charge >= 0.3 is 0 Å². The number of carbonyl (C=O) groups excluding carboxylic acids is 1. The highest BCUT2D eigenvalue weighted by Gasteiger charge is 2.32. The molecule has 2 saturated heterocycles. The van der Waals surface area contributed by atoms with E-state index in [1.807, 2.05) is 36.4 Å². The van der Waals surface area contributed by atoms with Gasteiger partial charge in [0.05, 0.1) is 12.0 Å². The van der Waals surface area contributed by atoms with Crippen LogP contribution in [0.25, 0.3) is 0 Å². The molecule has 2 aliphatic rings. The molecule has 2 aromatic rings. The van der Waals surface area contributed by atoms with E-state index in [1.54, 1.807) is 12.1 Å². The van der Waals surface area contributed by atoms with Crippen molar-refractivity contribution in [1.29, 1.82) is 0 Å². The van der Waals surface area contributed by atoms with Gasteiger partial charge in [0, 0.05) is 35.4 Å². The van der Waals surface area contributed by atoms with E-state index in [0.717, 1.165) is 50.1 Å². The number of likely N-dealkylation sites (tertiary alicyclic amines) is 1. The molecule has 1 amide bonds. The molecule has 0 unspecified atom stereocenters. The monoisotopic (exact) mass is 461 g/mol. The first-order valence-electron chi connectivity index (χ1n) is 11.0. The van der Waals surface area contributed by atoms with Gasteiger partial charge < -0.3 is 20.2 Å². The summed E-state index contributed by atoms with van der Waals surface area (Å²) in [5.41, 5.74) is 1.85. The van der Waals surface area contributed by atoms with E-state index in [0.29, 0.717) is 23.1 Å². The number of hydrogen-bond donors (Lipinski definition) is 2. The van der Waals surface area contributed by atoms with Gasteiger partial charge in [-0.3, -0.25) is 4.79 Å². The third-order valence-electron chi connectivity index (χ3n) is 6.32. The molecule has 0 spiro atoms. The first-order valence-corrected chi connectivity index (χ1v) is 11.7. The zero-order chi connectivity index (χ0) is 21.8. The lowest BCUT2D eigenvalue weighted by molar-refractivity contribution is -0.126. The van der Waals surface area contributed by atoms with Crippen molar-refractivity contribution >= 4 is 34.8 Å². The van der Waals surface area contributed by atoms with Crippen LogP contribution in [0.5, 0.6) is 0 Å². The van der Waals surface area contributed by atoms with Crippen molar-refractivity contribution in [2.24, 2.45) is 5.92 Å². The number of aliphatic hydroxyl groups excluding tert-OH is 1. The fraction of sp³-hybridized carbons (Fsp3) is 0.458. The standard InChI is InChI=1S/C24H29Cl2N3O2/c25-19-5-3-17(4-6-19)23(30)22(16-28-12-1-2-13-28)27-24(31)18-11-14-29(15-18)21-9-7-20(26)8-10-21/h3-10,18,22-23,30H,1-2,11-16H2,(H,27,31)/t18-,22-,23-/m1/s1. The van der Waals surface area contributed by atoms with Gasteiger partial charge in [-0.25, -0.2) is 0 Å². The van der Waals surface area contributed by atoms with E-state index in [9.17, 15) is 9.90 Å². The minimum absolute atomic E-state index is 0.00803. The van der Waals surface area contributed by atoms with Crippen LogP contribution in [0, 0.1) is 5.92 Å². The Labute approximate surface area is 193 Å². The average Bonchev–Trinajstić information content (AvgIpc) is 3.46. The van der Waals surface area contributed by atoms with E-state index in [2.05, 4.69) is 15.1 Å². The molecule has 2 N–H and O–H groups in total. The Balaban J connectivity index is 1.42. The quantitative estimate of drug-likeness (QED) is 0.650. The Bertz CT molecular complexity index is 869. The number of nitrogens with zero attached hydrogens (tertiary/aromatic N) is 2. The topological polar surface area (TPSA) is 55.8 Å². The lowest BCUT2D eigenvalue weighted by atomic mass is 10.00. The van der Waals surface area contributed by atoms with Gasteiger partial charge in [-0.2, -0.15) is 0 Å². The maximum atomic E-state index is 13.1. The van der Waals surface area contributed by atoms with Crippen LogP contribution in [0.3, 0.4) is 0 Å². The number of rotatable bonds is 7. The molecule has 0 aliphatic carbocycles. The third-order valence-corrected chi connectivity index (χ3v) is 6.83. The second-order valence-corrected chi connectivity index (χ2v) is 9.40. The summed E-state index contributed by atoms with van der Waals surface area (Å²) in [5, 5.41) is 15.6. The van der Waals surface area contributed by atoms with E-state index in [4.69, 9.17) is 23.2 Å². The van der Waals surface area contributed by atoms with Crippen molar-refractivity contribution in [1.82, 2.24) is 10.2 Å². The van der Waals surface area contributed by atoms with Crippen LogP contribution in [0.15, 0.2) is 48.5 Å².